The maximum Gasteiger partial charge on any atom is 0.224 e. The lowest BCUT2D eigenvalue weighted by molar-refractivity contribution is -0.125. The topological polar surface area (TPSA) is 29.1 Å². The van der Waals surface area contributed by atoms with Gasteiger partial charge < -0.3 is 5.32 Å². The summed E-state index contributed by atoms with van der Waals surface area (Å²) < 4.78 is 0. The number of hydrogen-bond donors (Lipinski definition) is 1. The molecule has 0 aromatic carbocycles. The minimum atomic E-state index is -0.0841. The molecule has 3 heteroatoms. The van der Waals surface area contributed by atoms with Crippen LogP contribution in [0.1, 0.15) is 53.4 Å². The van der Waals surface area contributed by atoms with Crippen molar-refractivity contribution in [2.75, 3.05) is 5.88 Å². The van der Waals surface area contributed by atoms with Crippen molar-refractivity contribution in [1.82, 2.24) is 5.32 Å². The summed E-state index contributed by atoms with van der Waals surface area (Å²) in [6, 6.07) is 0.335. The second-order valence-corrected chi connectivity index (χ2v) is 6.74. The van der Waals surface area contributed by atoms with E-state index in [1.165, 1.54) is 19.3 Å². The number of hydrogen-bond acceptors (Lipinski definition) is 1. The molecule has 1 rings (SSSR count). The molecule has 1 saturated carbocycles. The van der Waals surface area contributed by atoms with Gasteiger partial charge in [0.1, 0.15) is 0 Å². The van der Waals surface area contributed by atoms with E-state index in [1.807, 2.05) is 6.92 Å². The van der Waals surface area contributed by atoms with Crippen LogP contribution in [0.3, 0.4) is 0 Å². The maximum absolute atomic E-state index is 11.9. The largest absolute Gasteiger partial charge is 0.353 e. The number of amides is 1. The van der Waals surface area contributed by atoms with Gasteiger partial charge >= 0.3 is 0 Å². The second kappa shape index (κ2) is 6.08. The van der Waals surface area contributed by atoms with E-state index in [-0.39, 0.29) is 17.2 Å². The van der Waals surface area contributed by atoms with Crippen molar-refractivity contribution in [1.29, 1.82) is 0 Å². The number of alkyl halides is 1. The molecule has 1 N–H and O–H groups in total. The number of carbonyl (C=O) groups excluding carboxylic acids is 1. The van der Waals surface area contributed by atoms with Gasteiger partial charge in [0.15, 0.2) is 0 Å². The molecule has 0 saturated heterocycles. The van der Waals surface area contributed by atoms with Crippen molar-refractivity contribution in [3.05, 3.63) is 0 Å². The average molecular weight is 260 g/mol. The van der Waals surface area contributed by atoms with Gasteiger partial charge in [0.05, 0.1) is 0 Å². The third-order valence-electron chi connectivity index (χ3n) is 3.89. The van der Waals surface area contributed by atoms with Gasteiger partial charge in [-0.25, -0.2) is 0 Å². The van der Waals surface area contributed by atoms with E-state index >= 15 is 0 Å². The quantitative estimate of drug-likeness (QED) is 0.772. The molecule has 0 aromatic rings. The smallest absolute Gasteiger partial charge is 0.224 e. The zero-order chi connectivity index (χ0) is 13.1. The van der Waals surface area contributed by atoms with Gasteiger partial charge in [-0.05, 0) is 24.2 Å². The second-order valence-electron chi connectivity index (χ2n) is 6.43. The molecule has 3 atom stereocenters. The highest BCUT2D eigenvalue weighted by molar-refractivity contribution is 6.19. The van der Waals surface area contributed by atoms with Crippen LogP contribution in [0.4, 0.5) is 0 Å². The molecule has 0 aromatic heterocycles. The monoisotopic (exact) mass is 259 g/mol. The summed E-state index contributed by atoms with van der Waals surface area (Å²) in [5.41, 5.74) is 0.266. The van der Waals surface area contributed by atoms with E-state index in [1.54, 1.807) is 0 Å². The number of rotatable bonds is 3. The molecule has 0 aliphatic heterocycles. The SMILES string of the molecule is CC(CCl)C(=O)NC1CCCCC1C(C)(C)C. The molecule has 1 aliphatic carbocycles. The van der Waals surface area contributed by atoms with Crippen molar-refractivity contribution in [2.45, 2.75) is 59.4 Å². The fourth-order valence-corrected chi connectivity index (χ4v) is 2.88. The van der Waals surface area contributed by atoms with Gasteiger partial charge in [0.25, 0.3) is 0 Å². The molecule has 2 nitrogen and oxygen atoms in total. The molecule has 100 valence electrons. The first-order valence-electron chi connectivity index (χ1n) is 6.72. The lowest BCUT2D eigenvalue weighted by atomic mass is 9.69. The minimum absolute atomic E-state index is 0.0841. The van der Waals surface area contributed by atoms with E-state index in [9.17, 15) is 4.79 Å². The first kappa shape index (κ1) is 14.8. The standard InChI is InChI=1S/C14H26ClNO/c1-10(9-15)13(17)16-12-8-6-5-7-11(12)14(2,3)4/h10-12H,5-9H2,1-4H3,(H,16,17). The average Bonchev–Trinajstić information content (AvgIpc) is 2.27. The Hall–Kier alpha value is -0.240. The minimum Gasteiger partial charge on any atom is -0.353 e. The molecular formula is C14H26ClNO. The summed E-state index contributed by atoms with van der Waals surface area (Å²) in [5, 5.41) is 3.20. The highest BCUT2D eigenvalue weighted by Crippen LogP contribution is 2.38. The Morgan fingerprint density at radius 3 is 2.47 bits per heavy atom. The molecule has 1 amide bonds. The molecule has 0 heterocycles. The highest BCUT2D eigenvalue weighted by atomic mass is 35.5. The van der Waals surface area contributed by atoms with Crippen LogP contribution in [0.5, 0.6) is 0 Å². The van der Waals surface area contributed by atoms with Crippen LogP contribution in [-0.2, 0) is 4.79 Å². The lowest BCUT2D eigenvalue weighted by Gasteiger charge is -2.41. The fourth-order valence-electron chi connectivity index (χ4n) is 2.74. The fraction of sp³-hybridized carbons (Fsp3) is 0.929. The third kappa shape index (κ3) is 4.17. The molecule has 1 fully saturated rings. The predicted octanol–water partition coefficient (Wildman–Crippen LogP) is 3.58. The maximum atomic E-state index is 11.9. The Labute approximate surface area is 110 Å². The summed E-state index contributed by atoms with van der Waals surface area (Å²) >= 11 is 5.73. The van der Waals surface area contributed by atoms with Crippen LogP contribution < -0.4 is 5.32 Å². The first-order chi connectivity index (χ1) is 7.86. The summed E-state index contributed by atoms with van der Waals surface area (Å²) in [6.07, 6.45) is 4.86. The highest BCUT2D eigenvalue weighted by Gasteiger charge is 2.35. The van der Waals surface area contributed by atoms with Gasteiger partial charge in [0.2, 0.25) is 5.91 Å². The Morgan fingerprint density at radius 2 is 1.94 bits per heavy atom. The van der Waals surface area contributed by atoms with Crippen molar-refractivity contribution in [2.24, 2.45) is 17.3 Å². The van der Waals surface area contributed by atoms with Crippen LogP contribution in [-0.4, -0.2) is 17.8 Å². The lowest BCUT2D eigenvalue weighted by Crippen LogP contribution is -2.48. The van der Waals surface area contributed by atoms with E-state index < -0.39 is 0 Å². The Balaban J connectivity index is 2.63. The molecule has 0 bridgehead atoms. The van der Waals surface area contributed by atoms with Gasteiger partial charge in [-0.2, -0.15) is 0 Å². The Morgan fingerprint density at radius 1 is 1.35 bits per heavy atom. The number of nitrogens with one attached hydrogen (secondary N) is 1. The van der Waals surface area contributed by atoms with Crippen molar-refractivity contribution < 1.29 is 4.79 Å². The summed E-state index contributed by atoms with van der Waals surface area (Å²) in [7, 11) is 0. The molecule has 3 unspecified atom stereocenters. The van der Waals surface area contributed by atoms with E-state index in [0.717, 1.165) is 6.42 Å². The van der Waals surface area contributed by atoms with Crippen LogP contribution in [0, 0.1) is 17.3 Å². The van der Waals surface area contributed by atoms with Gasteiger partial charge in [-0.3, -0.25) is 4.79 Å². The zero-order valence-electron chi connectivity index (χ0n) is 11.6. The zero-order valence-corrected chi connectivity index (χ0v) is 12.3. The summed E-state index contributed by atoms with van der Waals surface area (Å²) in [5.74, 6) is 1.02. The van der Waals surface area contributed by atoms with E-state index in [0.29, 0.717) is 17.8 Å². The molecule has 1 aliphatic rings. The van der Waals surface area contributed by atoms with Crippen LogP contribution in [0.25, 0.3) is 0 Å². The van der Waals surface area contributed by atoms with Crippen molar-refractivity contribution >= 4 is 17.5 Å². The van der Waals surface area contributed by atoms with E-state index in [2.05, 4.69) is 26.1 Å². The van der Waals surface area contributed by atoms with Crippen LogP contribution in [0.15, 0.2) is 0 Å². The summed E-state index contributed by atoms with van der Waals surface area (Å²) in [6.45, 7) is 8.70. The number of halogens is 1. The first-order valence-corrected chi connectivity index (χ1v) is 7.26. The van der Waals surface area contributed by atoms with Crippen LogP contribution >= 0.6 is 11.6 Å². The molecule has 17 heavy (non-hydrogen) atoms. The Kier molecular flexibility index (Phi) is 5.30. The molecule has 0 spiro atoms. The summed E-state index contributed by atoms with van der Waals surface area (Å²) in [4.78, 5) is 11.9. The molecule has 0 radical (unpaired) electrons. The van der Waals surface area contributed by atoms with Gasteiger partial charge in [-0.1, -0.05) is 40.5 Å². The van der Waals surface area contributed by atoms with Crippen LogP contribution in [0.2, 0.25) is 0 Å². The van der Waals surface area contributed by atoms with Crippen molar-refractivity contribution in [3.63, 3.8) is 0 Å². The molecular weight excluding hydrogens is 234 g/mol. The van der Waals surface area contributed by atoms with Gasteiger partial charge in [0, 0.05) is 17.8 Å². The van der Waals surface area contributed by atoms with E-state index in [4.69, 9.17) is 11.6 Å². The predicted molar refractivity (Wildman–Crippen MR) is 73.2 cm³/mol. The third-order valence-corrected chi connectivity index (χ3v) is 4.35. The van der Waals surface area contributed by atoms with Crippen molar-refractivity contribution in [3.8, 4) is 0 Å². The normalized spacial score (nSPS) is 27.6. The number of carbonyl (C=O) groups is 1. The van der Waals surface area contributed by atoms with Gasteiger partial charge in [-0.15, -0.1) is 11.6 Å². The Bertz CT molecular complexity index is 259.